The van der Waals surface area contributed by atoms with Gasteiger partial charge in [-0.15, -0.1) is 0 Å². The number of carbonyl (C=O) groups excluding carboxylic acids is 4. The van der Waals surface area contributed by atoms with Gasteiger partial charge in [0.05, 0.1) is 12.5 Å². The summed E-state index contributed by atoms with van der Waals surface area (Å²) in [6.45, 7) is -0.294. The van der Waals surface area contributed by atoms with Crippen LogP contribution in [0.25, 0.3) is 0 Å². The van der Waals surface area contributed by atoms with E-state index < -0.39 is 35.4 Å². The predicted octanol–water partition coefficient (Wildman–Crippen LogP) is 1.79. The molecular weight excluding hydrogens is 379 g/mol. The number of benzene rings is 1. The summed E-state index contributed by atoms with van der Waals surface area (Å²) in [7, 11) is 2.62. The molecule has 0 spiro atoms. The number of hydrogen-bond donors (Lipinski definition) is 0. The molecule has 2 fully saturated rings. The SMILES string of the molecule is COC(=O)CN(C)C(=O)C[C@]1(c2ccccc2F)CC(=O)N(C2CCCC2)C1=O. The largest absolute Gasteiger partial charge is 0.468 e. The number of hydrogen-bond acceptors (Lipinski definition) is 5. The van der Waals surface area contributed by atoms with E-state index in [0.717, 1.165) is 30.6 Å². The van der Waals surface area contributed by atoms with Gasteiger partial charge in [-0.05, 0) is 18.9 Å². The minimum Gasteiger partial charge on any atom is -0.468 e. The van der Waals surface area contributed by atoms with E-state index in [1.54, 1.807) is 6.07 Å². The molecule has 0 radical (unpaired) electrons. The fraction of sp³-hybridized carbons (Fsp3) is 0.524. The number of rotatable bonds is 6. The number of carbonyl (C=O) groups is 4. The standard InChI is InChI=1S/C21H25FN2O5/c1-23(13-19(27)29-2)17(25)11-21(15-9-5-6-10-16(15)22)12-18(26)24(20(21)28)14-7-3-4-8-14/h5-6,9-10,14H,3-4,7-8,11-13H2,1-2H3/t21-/m1/s1. The fourth-order valence-electron chi connectivity index (χ4n) is 4.33. The van der Waals surface area contributed by atoms with Gasteiger partial charge in [0.2, 0.25) is 17.7 Å². The number of methoxy groups -OCH3 is 1. The molecular formula is C21H25FN2O5. The summed E-state index contributed by atoms with van der Waals surface area (Å²) in [4.78, 5) is 53.0. The summed E-state index contributed by atoms with van der Waals surface area (Å²) in [6, 6.07) is 5.54. The lowest BCUT2D eigenvalue weighted by Gasteiger charge is -2.30. The first kappa shape index (κ1) is 21.0. The molecule has 1 aliphatic carbocycles. The van der Waals surface area contributed by atoms with Gasteiger partial charge in [-0.1, -0.05) is 31.0 Å². The second kappa shape index (κ2) is 8.31. The molecule has 0 aromatic heterocycles. The summed E-state index contributed by atoms with van der Waals surface area (Å²) in [5, 5.41) is 0. The number of likely N-dealkylation sites (N-methyl/N-ethyl adjacent to an activating group) is 1. The van der Waals surface area contributed by atoms with Crippen molar-refractivity contribution in [2.75, 3.05) is 20.7 Å². The van der Waals surface area contributed by atoms with Crippen molar-refractivity contribution >= 4 is 23.7 Å². The second-order valence-electron chi connectivity index (χ2n) is 7.75. The van der Waals surface area contributed by atoms with Crippen LogP contribution in [0.4, 0.5) is 4.39 Å². The van der Waals surface area contributed by atoms with Gasteiger partial charge in [-0.25, -0.2) is 4.39 Å². The van der Waals surface area contributed by atoms with Crippen LogP contribution in [0, 0.1) is 5.82 Å². The van der Waals surface area contributed by atoms with Crippen LogP contribution in [0.2, 0.25) is 0 Å². The minimum atomic E-state index is -1.60. The number of amides is 3. The third-order valence-electron chi connectivity index (χ3n) is 5.90. The average molecular weight is 404 g/mol. The Morgan fingerprint density at radius 2 is 1.90 bits per heavy atom. The first-order chi connectivity index (χ1) is 13.8. The maximum atomic E-state index is 14.7. The highest BCUT2D eigenvalue weighted by molar-refractivity contribution is 6.11. The summed E-state index contributed by atoms with van der Waals surface area (Å²) < 4.78 is 19.3. The zero-order valence-corrected chi connectivity index (χ0v) is 16.7. The number of nitrogens with zero attached hydrogens (tertiary/aromatic N) is 2. The number of esters is 1. The Morgan fingerprint density at radius 1 is 1.24 bits per heavy atom. The highest BCUT2D eigenvalue weighted by Gasteiger charge is 2.56. The lowest BCUT2D eigenvalue weighted by atomic mass is 9.75. The lowest BCUT2D eigenvalue weighted by Crippen LogP contribution is -2.46. The van der Waals surface area contributed by atoms with Gasteiger partial charge in [-0.2, -0.15) is 0 Å². The topological polar surface area (TPSA) is 84.0 Å². The van der Waals surface area contributed by atoms with E-state index >= 15 is 0 Å². The van der Waals surface area contributed by atoms with Crippen molar-refractivity contribution in [3.05, 3.63) is 35.6 Å². The predicted molar refractivity (Wildman–Crippen MR) is 101 cm³/mol. The maximum Gasteiger partial charge on any atom is 0.325 e. The van der Waals surface area contributed by atoms with Crippen molar-refractivity contribution in [2.45, 2.75) is 50.0 Å². The molecule has 7 nitrogen and oxygen atoms in total. The average Bonchev–Trinajstić information content (AvgIpc) is 3.29. The number of ether oxygens (including phenoxy) is 1. The van der Waals surface area contributed by atoms with Gasteiger partial charge in [-0.3, -0.25) is 24.1 Å². The summed E-state index contributed by atoms with van der Waals surface area (Å²) in [5.74, 6) is -2.69. The molecule has 1 aromatic rings. The second-order valence-corrected chi connectivity index (χ2v) is 7.75. The molecule has 1 atom stereocenters. The fourth-order valence-corrected chi connectivity index (χ4v) is 4.33. The Kier molecular flexibility index (Phi) is 6.00. The van der Waals surface area contributed by atoms with Gasteiger partial charge in [0.15, 0.2) is 0 Å². The Morgan fingerprint density at radius 3 is 2.52 bits per heavy atom. The van der Waals surface area contributed by atoms with Gasteiger partial charge in [0, 0.05) is 31.5 Å². The summed E-state index contributed by atoms with van der Waals surface area (Å²) >= 11 is 0. The Hall–Kier alpha value is -2.77. The van der Waals surface area contributed by atoms with Gasteiger partial charge < -0.3 is 9.64 Å². The zero-order valence-electron chi connectivity index (χ0n) is 16.7. The first-order valence-electron chi connectivity index (χ1n) is 9.72. The molecule has 0 bridgehead atoms. The molecule has 29 heavy (non-hydrogen) atoms. The van der Waals surface area contributed by atoms with Crippen molar-refractivity contribution < 1.29 is 28.3 Å². The molecule has 8 heteroatoms. The molecule has 1 saturated carbocycles. The van der Waals surface area contributed by atoms with Crippen LogP contribution in [-0.2, 0) is 29.3 Å². The van der Waals surface area contributed by atoms with E-state index in [9.17, 15) is 23.6 Å². The van der Waals surface area contributed by atoms with E-state index in [1.165, 1.54) is 37.3 Å². The Balaban J connectivity index is 1.97. The van der Waals surface area contributed by atoms with Crippen molar-refractivity contribution in [1.29, 1.82) is 0 Å². The van der Waals surface area contributed by atoms with E-state index in [2.05, 4.69) is 4.74 Å². The van der Waals surface area contributed by atoms with Crippen LogP contribution in [0.5, 0.6) is 0 Å². The summed E-state index contributed by atoms with van der Waals surface area (Å²) in [6.07, 6.45) is 2.64. The monoisotopic (exact) mass is 404 g/mol. The third kappa shape index (κ3) is 3.88. The van der Waals surface area contributed by atoms with E-state index in [1.807, 2.05) is 0 Å². The van der Waals surface area contributed by atoms with Crippen LogP contribution in [0.15, 0.2) is 24.3 Å². The molecule has 0 unspecified atom stereocenters. The molecule has 2 aliphatic rings. The molecule has 1 heterocycles. The summed E-state index contributed by atoms with van der Waals surface area (Å²) in [5.41, 5.74) is -1.56. The van der Waals surface area contributed by atoms with E-state index in [4.69, 9.17) is 0 Å². The zero-order chi connectivity index (χ0) is 21.2. The van der Waals surface area contributed by atoms with Crippen molar-refractivity contribution in [3.8, 4) is 0 Å². The minimum absolute atomic E-state index is 0.0404. The highest BCUT2D eigenvalue weighted by atomic mass is 19.1. The van der Waals surface area contributed by atoms with Gasteiger partial charge in [0.1, 0.15) is 12.4 Å². The Bertz CT molecular complexity index is 836. The van der Waals surface area contributed by atoms with Gasteiger partial charge in [0.25, 0.3) is 0 Å². The Labute approximate surface area is 168 Å². The van der Waals surface area contributed by atoms with Crippen LogP contribution in [0.3, 0.4) is 0 Å². The van der Waals surface area contributed by atoms with Crippen molar-refractivity contribution in [1.82, 2.24) is 9.80 Å². The third-order valence-corrected chi connectivity index (χ3v) is 5.90. The van der Waals surface area contributed by atoms with E-state index in [0.29, 0.717) is 0 Å². The number of imide groups is 1. The molecule has 156 valence electrons. The lowest BCUT2D eigenvalue weighted by molar-refractivity contribution is -0.147. The quantitative estimate of drug-likeness (QED) is 0.533. The van der Waals surface area contributed by atoms with Crippen LogP contribution >= 0.6 is 0 Å². The number of halogens is 1. The molecule has 1 aliphatic heterocycles. The van der Waals surface area contributed by atoms with E-state index in [-0.39, 0.29) is 30.5 Å². The highest BCUT2D eigenvalue weighted by Crippen LogP contribution is 2.43. The normalized spacial score (nSPS) is 22.2. The smallest absolute Gasteiger partial charge is 0.325 e. The maximum absolute atomic E-state index is 14.7. The van der Waals surface area contributed by atoms with Crippen LogP contribution in [-0.4, -0.2) is 60.2 Å². The van der Waals surface area contributed by atoms with Crippen LogP contribution < -0.4 is 0 Å². The number of likely N-dealkylation sites (tertiary alicyclic amines) is 1. The van der Waals surface area contributed by atoms with Crippen molar-refractivity contribution in [3.63, 3.8) is 0 Å². The van der Waals surface area contributed by atoms with Crippen molar-refractivity contribution in [2.24, 2.45) is 0 Å². The molecule has 3 rings (SSSR count). The van der Waals surface area contributed by atoms with Crippen LogP contribution in [0.1, 0.15) is 44.1 Å². The molecule has 3 amide bonds. The van der Waals surface area contributed by atoms with Gasteiger partial charge >= 0.3 is 5.97 Å². The molecule has 0 N–H and O–H groups in total. The molecule has 1 aromatic carbocycles. The first-order valence-corrected chi connectivity index (χ1v) is 9.72. The molecule has 1 saturated heterocycles.